The standard InChI is InChI=1S/C17H28O4/c1-2-12-20-16(18)14-10-6-7-11-15(14)17(19)21-13-8-4-3-5-9-13/h13-15H,2-12H2,1H3. The summed E-state index contributed by atoms with van der Waals surface area (Å²) in [5.41, 5.74) is 0. The number of carbonyl (C=O) groups is 2. The Labute approximate surface area is 127 Å². The van der Waals surface area contributed by atoms with Crippen LogP contribution < -0.4 is 0 Å². The highest BCUT2D eigenvalue weighted by Crippen LogP contribution is 2.33. The van der Waals surface area contributed by atoms with Gasteiger partial charge in [0.25, 0.3) is 0 Å². The molecule has 2 unspecified atom stereocenters. The first-order valence-electron chi connectivity index (χ1n) is 8.59. The normalized spacial score (nSPS) is 27.1. The minimum atomic E-state index is -0.290. The molecule has 0 N–H and O–H groups in total. The van der Waals surface area contributed by atoms with Gasteiger partial charge in [-0.05, 0) is 44.9 Å². The molecule has 4 heteroatoms. The van der Waals surface area contributed by atoms with Gasteiger partial charge < -0.3 is 9.47 Å². The highest BCUT2D eigenvalue weighted by molar-refractivity contribution is 5.82. The average molecular weight is 296 g/mol. The van der Waals surface area contributed by atoms with Gasteiger partial charge in [0, 0.05) is 0 Å². The second-order valence-corrected chi connectivity index (χ2v) is 6.36. The van der Waals surface area contributed by atoms with Crippen LogP contribution in [0.25, 0.3) is 0 Å². The Balaban J connectivity index is 1.90. The molecule has 0 aliphatic heterocycles. The Bertz CT molecular complexity index is 347. The van der Waals surface area contributed by atoms with Gasteiger partial charge in [0.15, 0.2) is 0 Å². The maximum atomic E-state index is 12.4. The van der Waals surface area contributed by atoms with Crippen molar-refractivity contribution in [2.45, 2.75) is 77.2 Å². The fourth-order valence-corrected chi connectivity index (χ4v) is 3.44. The van der Waals surface area contributed by atoms with E-state index in [1.807, 2.05) is 6.92 Å². The molecule has 2 atom stereocenters. The van der Waals surface area contributed by atoms with Gasteiger partial charge in [-0.2, -0.15) is 0 Å². The number of rotatable bonds is 5. The molecule has 0 spiro atoms. The van der Waals surface area contributed by atoms with Crippen LogP contribution in [0.3, 0.4) is 0 Å². The summed E-state index contributed by atoms with van der Waals surface area (Å²) in [7, 11) is 0. The maximum Gasteiger partial charge on any atom is 0.310 e. The van der Waals surface area contributed by atoms with E-state index < -0.39 is 0 Å². The molecule has 2 aliphatic rings. The van der Waals surface area contributed by atoms with Crippen molar-refractivity contribution < 1.29 is 19.1 Å². The third kappa shape index (κ3) is 4.72. The molecule has 0 aromatic heterocycles. The van der Waals surface area contributed by atoms with E-state index in [0.29, 0.717) is 6.61 Å². The van der Waals surface area contributed by atoms with E-state index >= 15 is 0 Å². The largest absolute Gasteiger partial charge is 0.465 e. The molecule has 2 aliphatic carbocycles. The Morgan fingerprint density at radius 3 is 2.05 bits per heavy atom. The van der Waals surface area contributed by atoms with Gasteiger partial charge >= 0.3 is 11.9 Å². The molecule has 0 radical (unpaired) electrons. The van der Waals surface area contributed by atoms with Gasteiger partial charge in [-0.25, -0.2) is 0 Å². The van der Waals surface area contributed by atoms with Crippen molar-refractivity contribution in [1.29, 1.82) is 0 Å². The van der Waals surface area contributed by atoms with Crippen molar-refractivity contribution in [3.05, 3.63) is 0 Å². The summed E-state index contributed by atoms with van der Waals surface area (Å²) in [6.07, 6.45) is 9.88. The van der Waals surface area contributed by atoms with Gasteiger partial charge in [0.1, 0.15) is 6.10 Å². The van der Waals surface area contributed by atoms with Gasteiger partial charge in [0.05, 0.1) is 18.4 Å². The van der Waals surface area contributed by atoms with E-state index in [1.165, 1.54) is 6.42 Å². The summed E-state index contributed by atoms with van der Waals surface area (Å²) in [5.74, 6) is -0.950. The maximum absolute atomic E-state index is 12.4. The van der Waals surface area contributed by atoms with Crippen molar-refractivity contribution in [2.24, 2.45) is 11.8 Å². The topological polar surface area (TPSA) is 52.6 Å². The molecule has 0 aromatic carbocycles. The van der Waals surface area contributed by atoms with Crippen LogP contribution in [0, 0.1) is 11.8 Å². The molecular formula is C17H28O4. The van der Waals surface area contributed by atoms with Crippen LogP contribution in [0.4, 0.5) is 0 Å². The van der Waals surface area contributed by atoms with Gasteiger partial charge in [-0.15, -0.1) is 0 Å². The number of hydrogen-bond donors (Lipinski definition) is 0. The summed E-state index contributed by atoms with van der Waals surface area (Å²) in [5, 5.41) is 0. The third-order valence-corrected chi connectivity index (χ3v) is 4.65. The first-order chi connectivity index (χ1) is 10.2. The van der Waals surface area contributed by atoms with E-state index in [9.17, 15) is 9.59 Å². The SMILES string of the molecule is CCCOC(=O)C1CCCCC1C(=O)OC1CCCCC1. The van der Waals surface area contributed by atoms with E-state index in [-0.39, 0.29) is 29.9 Å². The second-order valence-electron chi connectivity index (χ2n) is 6.36. The Morgan fingerprint density at radius 1 is 0.857 bits per heavy atom. The molecule has 21 heavy (non-hydrogen) atoms. The lowest BCUT2D eigenvalue weighted by molar-refractivity contribution is -0.167. The molecule has 2 saturated carbocycles. The Hall–Kier alpha value is -1.06. The van der Waals surface area contributed by atoms with Crippen molar-refractivity contribution in [1.82, 2.24) is 0 Å². The Kier molecular flexibility index (Phi) is 6.52. The Morgan fingerprint density at radius 2 is 1.43 bits per heavy atom. The van der Waals surface area contributed by atoms with Gasteiger partial charge in [0.2, 0.25) is 0 Å². The molecule has 0 heterocycles. The smallest absolute Gasteiger partial charge is 0.310 e. The highest BCUT2D eigenvalue weighted by Gasteiger charge is 2.38. The van der Waals surface area contributed by atoms with Crippen LogP contribution in [0.2, 0.25) is 0 Å². The molecular weight excluding hydrogens is 268 g/mol. The lowest BCUT2D eigenvalue weighted by atomic mass is 9.79. The monoisotopic (exact) mass is 296 g/mol. The predicted octanol–water partition coefficient (Wildman–Crippen LogP) is 3.62. The van der Waals surface area contributed by atoms with Crippen LogP contribution >= 0.6 is 0 Å². The number of esters is 2. The first kappa shape index (κ1) is 16.3. The minimum absolute atomic E-state index is 0.0699. The second kappa shape index (κ2) is 8.40. The summed E-state index contributed by atoms with van der Waals surface area (Å²) >= 11 is 0. The zero-order valence-electron chi connectivity index (χ0n) is 13.1. The number of hydrogen-bond acceptors (Lipinski definition) is 4. The predicted molar refractivity (Wildman–Crippen MR) is 79.7 cm³/mol. The van der Waals surface area contributed by atoms with Crippen LogP contribution in [0.5, 0.6) is 0 Å². The number of ether oxygens (including phenoxy) is 2. The fraction of sp³-hybridized carbons (Fsp3) is 0.882. The molecule has 0 amide bonds. The zero-order chi connectivity index (χ0) is 15.1. The molecule has 2 fully saturated rings. The zero-order valence-corrected chi connectivity index (χ0v) is 13.1. The van der Waals surface area contributed by atoms with Crippen LogP contribution in [0.1, 0.15) is 71.1 Å². The van der Waals surface area contributed by atoms with Gasteiger partial charge in [-0.1, -0.05) is 26.2 Å². The highest BCUT2D eigenvalue weighted by atomic mass is 16.5. The van der Waals surface area contributed by atoms with Crippen molar-refractivity contribution in [2.75, 3.05) is 6.61 Å². The molecule has 0 saturated heterocycles. The van der Waals surface area contributed by atoms with Crippen LogP contribution in [0.15, 0.2) is 0 Å². The van der Waals surface area contributed by atoms with Crippen molar-refractivity contribution in [3.63, 3.8) is 0 Å². The lowest BCUT2D eigenvalue weighted by Crippen LogP contribution is -2.37. The van der Waals surface area contributed by atoms with Crippen molar-refractivity contribution >= 4 is 11.9 Å². The van der Waals surface area contributed by atoms with Gasteiger partial charge in [-0.3, -0.25) is 9.59 Å². The van der Waals surface area contributed by atoms with E-state index in [1.54, 1.807) is 0 Å². The molecule has 2 rings (SSSR count). The quantitative estimate of drug-likeness (QED) is 0.727. The first-order valence-corrected chi connectivity index (χ1v) is 8.59. The fourth-order valence-electron chi connectivity index (χ4n) is 3.44. The summed E-state index contributed by atoms with van der Waals surface area (Å²) in [4.78, 5) is 24.6. The molecule has 120 valence electrons. The summed E-state index contributed by atoms with van der Waals surface area (Å²) < 4.78 is 10.9. The number of carbonyl (C=O) groups excluding carboxylic acids is 2. The molecule has 0 bridgehead atoms. The van der Waals surface area contributed by atoms with E-state index in [4.69, 9.17) is 9.47 Å². The molecule has 0 aromatic rings. The van der Waals surface area contributed by atoms with E-state index in [2.05, 4.69) is 0 Å². The van der Waals surface area contributed by atoms with Crippen LogP contribution in [-0.4, -0.2) is 24.6 Å². The third-order valence-electron chi connectivity index (χ3n) is 4.65. The lowest BCUT2D eigenvalue weighted by Gasteiger charge is -2.30. The van der Waals surface area contributed by atoms with Crippen LogP contribution in [-0.2, 0) is 19.1 Å². The molecule has 4 nitrogen and oxygen atoms in total. The summed E-state index contributed by atoms with van der Waals surface area (Å²) in [6, 6.07) is 0. The van der Waals surface area contributed by atoms with E-state index in [0.717, 1.165) is 57.8 Å². The summed E-state index contributed by atoms with van der Waals surface area (Å²) in [6.45, 7) is 2.42. The van der Waals surface area contributed by atoms with Crippen molar-refractivity contribution in [3.8, 4) is 0 Å². The average Bonchev–Trinajstić information content (AvgIpc) is 2.53. The minimum Gasteiger partial charge on any atom is -0.465 e.